The largest absolute Gasteiger partial charge is 0.508 e. The van der Waals surface area contributed by atoms with E-state index in [-0.39, 0.29) is 5.69 Å². The Morgan fingerprint density at radius 3 is 1.86 bits per heavy atom. The van der Waals surface area contributed by atoms with Crippen molar-refractivity contribution in [1.29, 1.82) is 0 Å². The van der Waals surface area contributed by atoms with Crippen LogP contribution in [0.15, 0.2) is 59.7 Å². The zero-order chi connectivity index (χ0) is 20.4. The summed E-state index contributed by atoms with van der Waals surface area (Å²) >= 11 is 0. The lowest BCUT2D eigenvalue weighted by atomic mass is 10.2. The quantitative estimate of drug-likeness (QED) is 0.722. The molecule has 1 aliphatic rings. The van der Waals surface area contributed by atoms with E-state index in [4.69, 9.17) is 0 Å². The Balaban J connectivity index is 1.42. The number of aromatic nitrogens is 3. The first kappa shape index (κ1) is 19.1. The lowest BCUT2D eigenvalue weighted by Crippen LogP contribution is -2.46. The van der Waals surface area contributed by atoms with Gasteiger partial charge in [-0.25, -0.2) is 14.0 Å². The van der Waals surface area contributed by atoms with E-state index >= 15 is 0 Å². The predicted octanol–water partition coefficient (Wildman–Crippen LogP) is 2.72. The van der Waals surface area contributed by atoms with Crippen molar-refractivity contribution in [3.63, 3.8) is 0 Å². The number of piperazine rings is 1. The van der Waals surface area contributed by atoms with Crippen LogP contribution >= 0.6 is 0 Å². The molecule has 4 rings (SSSR count). The van der Waals surface area contributed by atoms with Crippen LogP contribution in [0.2, 0.25) is 0 Å². The van der Waals surface area contributed by atoms with Crippen molar-refractivity contribution in [2.24, 2.45) is 5.92 Å². The number of benzene rings is 2. The van der Waals surface area contributed by atoms with Crippen LogP contribution in [0.4, 0.5) is 11.4 Å². The number of phenols is 1. The van der Waals surface area contributed by atoms with Gasteiger partial charge in [0.2, 0.25) is 0 Å². The van der Waals surface area contributed by atoms with Crippen LogP contribution in [0.3, 0.4) is 0 Å². The second kappa shape index (κ2) is 8.03. The Morgan fingerprint density at radius 1 is 0.862 bits per heavy atom. The molecule has 2 aromatic carbocycles. The molecule has 7 heteroatoms. The van der Waals surface area contributed by atoms with Gasteiger partial charge in [0.15, 0.2) is 0 Å². The van der Waals surface area contributed by atoms with Crippen molar-refractivity contribution in [3.8, 4) is 11.4 Å². The third-order valence-corrected chi connectivity index (χ3v) is 5.26. The monoisotopic (exact) mass is 393 g/mol. The molecule has 29 heavy (non-hydrogen) atoms. The molecule has 0 unspecified atom stereocenters. The summed E-state index contributed by atoms with van der Waals surface area (Å²) in [5, 5.41) is 13.7. The fourth-order valence-electron chi connectivity index (χ4n) is 3.70. The summed E-state index contributed by atoms with van der Waals surface area (Å²) in [5.41, 5.74) is 3.02. The SMILES string of the molecule is CC(C)Cn1ncn(-c2ccc(N3CCN(c4ccc(O)cc4)CC3)cc2)c1=O. The maximum atomic E-state index is 12.5. The standard InChI is InChI=1S/C22H27N5O2/c1-17(2)15-27-22(29)26(16-23-27)20-5-3-18(4-6-20)24-11-13-25(14-12-24)19-7-9-21(28)10-8-19/h3-10,16-17,28H,11-15H2,1-2H3. The average molecular weight is 393 g/mol. The molecule has 0 spiro atoms. The number of hydrogen-bond acceptors (Lipinski definition) is 5. The summed E-state index contributed by atoms with van der Waals surface area (Å²) in [6.45, 7) is 8.46. The van der Waals surface area contributed by atoms with Crippen molar-refractivity contribution in [2.45, 2.75) is 20.4 Å². The summed E-state index contributed by atoms with van der Waals surface area (Å²) in [6.07, 6.45) is 1.59. The molecular weight excluding hydrogens is 366 g/mol. The topological polar surface area (TPSA) is 66.5 Å². The lowest BCUT2D eigenvalue weighted by Gasteiger charge is -2.37. The second-order valence-electron chi connectivity index (χ2n) is 7.87. The third kappa shape index (κ3) is 4.13. The molecule has 1 aliphatic heterocycles. The van der Waals surface area contributed by atoms with Gasteiger partial charge in [-0.05, 0) is 54.4 Å². The lowest BCUT2D eigenvalue weighted by molar-refractivity contribution is 0.469. The number of anilines is 2. The van der Waals surface area contributed by atoms with Crippen molar-refractivity contribution >= 4 is 11.4 Å². The summed E-state index contributed by atoms with van der Waals surface area (Å²) in [6, 6.07) is 15.5. The Bertz CT molecular complexity index is 997. The molecule has 0 saturated carbocycles. The molecule has 7 nitrogen and oxygen atoms in total. The van der Waals surface area contributed by atoms with Crippen LogP contribution < -0.4 is 15.5 Å². The fourth-order valence-corrected chi connectivity index (χ4v) is 3.70. The maximum absolute atomic E-state index is 12.5. The van der Waals surface area contributed by atoms with Crippen LogP contribution in [0.25, 0.3) is 5.69 Å². The molecule has 1 aromatic heterocycles. The highest BCUT2D eigenvalue weighted by Gasteiger charge is 2.18. The molecule has 0 bridgehead atoms. The second-order valence-corrected chi connectivity index (χ2v) is 7.87. The Morgan fingerprint density at radius 2 is 1.34 bits per heavy atom. The summed E-state index contributed by atoms with van der Waals surface area (Å²) in [4.78, 5) is 17.2. The van der Waals surface area contributed by atoms with Crippen LogP contribution in [0, 0.1) is 5.92 Å². The molecule has 1 N–H and O–H groups in total. The van der Waals surface area contributed by atoms with Gasteiger partial charge < -0.3 is 14.9 Å². The van der Waals surface area contributed by atoms with E-state index in [2.05, 4.69) is 40.9 Å². The first-order chi connectivity index (χ1) is 14.0. The van der Waals surface area contributed by atoms with E-state index in [0.717, 1.165) is 43.2 Å². The predicted molar refractivity (Wildman–Crippen MR) is 115 cm³/mol. The van der Waals surface area contributed by atoms with Gasteiger partial charge in [-0.15, -0.1) is 0 Å². The van der Waals surface area contributed by atoms with E-state index in [1.54, 1.807) is 23.0 Å². The first-order valence-corrected chi connectivity index (χ1v) is 10.0. The van der Waals surface area contributed by atoms with Crippen LogP contribution in [0.5, 0.6) is 5.75 Å². The summed E-state index contributed by atoms with van der Waals surface area (Å²) < 4.78 is 3.11. The first-order valence-electron chi connectivity index (χ1n) is 10.0. The van der Waals surface area contributed by atoms with E-state index < -0.39 is 0 Å². The van der Waals surface area contributed by atoms with E-state index in [0.29, 0.717) is 18.2 Å². The third-order valence-electron chi connectivity index (χ3n) is 5.26. The number of nitrogens with zero attached hydrogens (tertiary/aromatic N) is 5. The van der Waals surface area contributed by atoms with Gasteiger partial charge in [0.25, 0.3) is 0 Å². The van der Waals surface area contributed by atoms with Gasteiger partial charge in [-0.3, -0.25) is 0 Å². The Kier molecular flexibility index (Phi) is 5.29. The van der Waals surface area contributed by atoms with Gasteiger partial charge in [-0.2, -0.15) is 5.10 Å². The zero-order valence-electron chi connectivity index (χ0n) is 16.9. The summed E-state index contributed by atoms with van der Waals surface area (Å²) in [5.74, 6) is 0.667. The molecule has 3 aromatic rings. The zero-order valence-corrected chi connectivity index (χ0v) is 16.9. The minimum atomic E-state index is -0.103. The number of phenolic OH excluding ortho intramolecular Hbond substituents is 1. The van der Waals surface area contributed by atoms with Gasteiger partial charge in [0.05, 0.1) is 5.69 Å². The minimum absolute atomic E-state index is 0.103. The van der Waals surface area contributed by atoms with Crippen LogP contribution in [0.1, 0.15) is 13.8 Å². The van der Waals surface area contributed by atoms with Crippen LogP contribution in [-0.2, 0) is 6.54 Å². The van der Waals surface area contributed by atoms with Crippen molar-refractivity contribution in [2.75, 3.05) is 36.0 Å². The molecule has 152 valence electrons. The number of hydrogen-bond donors (Lipinski definition) is 1. The molecule has 0 atom stereocenters. The molecule has 0 aliphatic carbocycles. The van der Waals surface area contributed by atoms with Crippen molar-refractivity contribution < 1.29 is 5.11 Å². The van der Waals surface area contributed by atoms with Crippen LogP contribution in [-0.4, -0.2) is 45.6 Å². The Labute approximate surface area is 170 Å². The molecular formula is C22H27N5O2. The highest BCUT2D eigenvalue weighted by molar-refractivity contribution is 5.54. The highest BCUT2D eigenvalue weighted by Crippen LogP contribution is 2.23. The minimum Gasteiger partial charge on any atom is -0.508 e. The maximum Gasteiger partial charge on any atom is 0.350 e. The van der Waals surface area contributed by atoms with Crippen molar-refractivity contribution in [3.05, 3.63) is 65.3 Å². The molecule has 0 amide bonds. The highest BCUT2D eigenvalue weighted by atomic mass is 16.3. The van der Waals surface area contributed by atoms with Gasteiger partial charge in [0.1, 0.15) is 12.1 Å². The smallest absolute Gasteiger partial charge is 0.350 e. The van der Waals surface area contributed by atoms with Gasteiger partial charge in [0, 0.05) is 44.1 Å². The van der Waals surface area contributed by atoms with E-state index in [1.165, 1.54) is 4.68 Å². The molecule has 0 radical (unpaired) electrons. The van der Waals surface area contributed by atoms with Gasteiger partial charge in [-0.1, -0.05) is 13.8 Å². The molecule has 2 heterocycles. The van der Waals surface area contributed by atoms with E-state index in [1.807, 2.05) is 24.3 Å². The molecule has 1 saturated heterocycles. The summed E-state index contributed by atoms with van der Waals surface area (Å²) in [7, 11) is 0. The number of aromatic hydroxyl groups is 1. The fraction of sp³-hybridized carbons (Fsp3) is 0.364. The van der Waals surface area contributed by atoms with Gasteiger partial charge >= 0.3 is 5.69 Å². The Hall–Kier alpha value is -3.22. The van der Waals surface area contributed by atoms with E-state index in [9.17, 15) is 9.90 Å². The average Bonchev–Trinajstić information content (AvgIpc) is 3.08. The van der Waals surface area contributed by atoms with Crippen molar-refractivity contribution in [1.82, 2.24) is 14.3 Å². The number of rotatable bonds is 5. The normalized spacial score (nSPS) is 14.6. The molecule has 1 fully saturated rings.